The molecule has 11 heavy (non-hydrogen) atoms. The van der Waals surface area contributed by atoms with E-state index < -0.39 is 0 Å². The largest absolute Gasteiger partial charge is 0.375 e. The summed E-state index contributed by atoms with van der Waals surface area (Å²) in [5.41, 5.74) is 1.38. The molecule has 2 nitrogen and oxygen atoms in total. The second kappa shape index (κ2) is 2.95. The van der Waals surface area contributed by atoms with Crippen LogP contribution in [0.4, 0.5) is 0 Å². The highest BCUT2D eigenvalue weighted by Gasteiger charge is 2.29. The third kappa shape index (κ3) is 1.47. The third-order valence-electron chi connectivity index (χ3n) is 2.58. The van der Waals surface area contributed by atoms with Crippen molar-refractivity contribution < 1.29 is 4.74 Å². The zero-order valence-corrected chi connectivity index (χ0v) is 6.81. The van der Waals surface area contributed by atoms with Gasteiger partial charge >= 0.3 is 0 Å². The van der Waals surface area contributed by atoms with Gasteiger partial charge in [0.15, 0.2) is 0 Å². The van der Waals surface area contributed by atoms with Crippen molar-refractivity contribution in [3.05, 3.63) is 12.2 Å². The molecular formula is C9H15NO. The molecule has 1 aliphatic heterocycles. The van der Waals surface area contributed by atoms with Gasteiger partial charge in [0, 0.05) is 12.6 Å². The van der Waals surface area contributed by atoms with Crippen LogP contribution in [0.25, 0.3) is 0 Å². The third-order valence-corrected chi connectivity index (χ3v) is 2.58. The average Bonchev–Trinajstić information content (AvgIpc) is 2.04. The van der Waals surface area contributed by atoms with Crippen LogP contribution in [0.3, 0.4) is 0 Å². The normalized spacial score (nSPS) is 38.4. The lowest BCUT2D eigenvalue weighted by Gasteiger charge is -2.37. The number of hydrogen-bond acceptors (Lipinski definition) is 2. The molecule has 1 heterocycles. The molecule has 1 aliphatic carbocycles. The summed E-state index contributed by atoms with van der Waals surface area (Å²) in [5, 5.41) is 3.47. The Morgan fingerprint density at radius 3 is 3.36 bits per heavy atom. The molecule has 1 N–H and O–H groups in total. The summed E-state index contributed by atoms with van der Waals surface area (Å²) in [6.45, 7) is 5.90. The molecule has 0 aromatic carbocycles. The van der Waals surface area contributed by atoms with Crippen LogP contribution >= 0.6 is 0 Å². The van der Waals surface area contributed by atoms with E-state index >= 15 is 0 Å². The van der Waals surface area contributed by atoms with Gasteiger partial charge < -0.3 is 10.1 Å². The van der Waals surface area contributed by atoms with Gasteiger partial charge in [0.2, 0.25) is 0 Å². The maximum Gasteiger partial charge on any atom is 0.0734 e. The maximum absolute atomic E-state index is 5.63. The van der Waals surface area contributed by atoms with E-state index in [9.17, 15) is 0 Å². The predicted molar refractivity (Wildman–Crippen MR) is 44.5 cm³/mol. The number of fused-ring (bicyclic) bond motifs is 1. The first-order valence-corrected chi connectivity index (χ1v) is 4.38. The lowest BCUT2D eigenvalue weighted by molar-refractivity contribution is -0.0155. The fourth-order valence-corrected chi connectivity index (χ4v) is 1.95. The molecule has 0 aromatic heterocycles. The summed E-state index contributed by atoms with van der Waals surface area (Å²) in [4.78, 5) is 0. The molecule has 1 saturated heterocycles. The van der Waals surface area contributed by atoms with Gasteiger partial charge in [-0.3, -0.25) is 0 Å². The average molecular weight is 153 g/mol. The summed E-state index contributed by atoms with van der Waals surface area (Å²) in [5.74, 6) is 0. The Labute approximate surface area is 67.6 Å². The van der Waals surface area contributed by atoms with Crippen LogP contribution in [-0.2, 0) is 4.74 Å². The fourth-order valence-electron chi connectivity index (χ4n) is 1.95. The van der Waals surface area contributed by atoms with Crippen molar-refractivity contribution in [3.8, 4) is 0 Å². The number of morpholine rings is 1. The zero-order chi connectivity index (χ0) is 7.68. The van der Waals surface area contributed by atoms with Gasteiger partial charge in [-0.15, -0.1) is 0 Å². The maximum atomic E-state index is 5.63. The van der Waals surface area contributed by atoms with Crippen LogP contribution in [0.2, 0.25) is 0 Å². The fraction of sp³-hybridized carbons (Fsp3) is 0.778. The van der Waals surface area contributed by atoms with Gasteiger partial charge in [-0.25, -0.2) is 0 Å². The molecule has 2 atom stereocenters. The first-order chi connectivity index (χ1) is 5.36. The molecule has 2 heteroatoms. The van der Waals surface area contributed by atoms with Gasteiger partial charge in [0.05, 0.1) is 12.7 Å². The molecule has 0 aromatic rings. The Morgan fingerprint density at radius 1 is 1.55 bits per heavy atom. The summed E-state index contributed by atoms with van der Waals surface area (Å²) in [6, 6.07) is 0.560. The molecule has 62 valence electrons. The van der Waals surface area contributed by atoms with Crippen molar-refractivity contribution in [1.82, 2.24) is 5.32 Å². The van der Waals surface area contributed by atoms with Gasteiger partial charge in [-0.1, -0.05) is 12.2 Å². The van der Waals surface area contributed by atoms with Crippen molar-refractivity contribution in [2.75, 3.05) is 13.2 Å². The van der Waals surface area contributed by atoms with Crippen molar-refractivity contribution in [2.45, 2.75) is 31.4 Å². The van der Waals surface area contributed by atoms with E-state index in [4.69, 9.17) is 4.74 Å². The highest BCUT2D eigenvalue weighted by Crippen LogP contribution is 2.26. The van der Waals surface area contributed by atoms with E-state index in [0.29, 0.717) is 12.1 Å². The van der Waals surface area contributed by atoms with Crippen molar-refractivity contribution in [1.29, 1.82) is 0 Å². The summed E-state index contributed by atoms with van der Waals surface area (Å²) in [6.07, 6.45) is 3.90. The quantitative estimate of drug-likeness (QED) is 0.526. The van der Waals surface area contributed by atoms with E-state index in [1.165, 1.54) is 5.57 Å². The monoisotopic (exact) mass is 153 g/mol. The van der Waals surface area contributed by atoms with E-state index in [-0.39, 0.29) is 0 Å². The second-order valence-electron chi connectivity index (χ2n) is 3.46. The van der Waals surface area contributed by atoms with Gasteiger partial charge in [-0.05, 0) is 19.3 Å². The van der Waals surface area contributed by atoms with Crippen LogP contribution in [-0.4, -0.2) is 25.3 Å². The molecule has 0 bridgehead atoms. The molecular weight excluding hydrogens is 138 g/mol. The smallest absolute Gasteiger partial charge is 0.0734 e. The molecule has 2 rings (SSSR count). The lowest BCUT2D eigenvalue weighted by atomic mass is 9.88. The van der Waals surface area contributed by atoms with Gasteiger partial charge in [0.1, 0.15) is 0 Å². The van der Waals surface area contributed by atoms with E-state index in [1.54, 1.807) is 0 Å². The van der Waals surface area contributed by atoms with Crippen LogP contribution in [0.5, 0.6) is 0 Å². The minimum Gasteiger partial charge on any atom is -0.375 e. The molecule has 0 spiro atoms. The minimum absolute atomic E-state index is 0.467. The Kier molecular flexibility index (Phi) is 1.96. The molecule has 2 unspecified atom stereocenters. The Balaban J connectivity index is 1.98. The van der Waals surface area contributed by atoms with Crippen molar-refractivity contribution in [3.63, 3.8) is 0 Å². The summed E-state index contributed by atoms with van der Waals surface area (Å²) in [7, 11) is 0. The van der Waals surface area contributed by atoms with Crippen LogP contribution in [0, 0.1) is 0 Å². The number of nitrogens with one attached hydrogen (secondary N) is 1. The second-order valence-corrected chi connectivity index (χ2v) is 3.46. The topological polar surface area (TPSA) is 21.3 Å². The minimum atomic E-state index is 0.467. The summed E-state index contributed by atoms with van der Waals surface area (Å²) >= 11 is 0. The van der Waals surface area contributed by atoms with E-state index in [1.807, 2.05) is 0 Å². The lowest BCUT2D eigenvalue weighted by Crippen LogP contribution is -2.50. The van der Waals surface area contributed by atoms with Crippen LogP contribution < -0.4 is 5.32 Å². The van der Waals surface area contributed by atoms with E-state index in [0.717, 1.165) is 32.4 Å². The molecule has 0 amide bonds. The van der Waals surface area contributed by atoms with Crippen molar-refractivity contribution in [2.24, 2.45) is 0 Å². The number of ether oxygens (including phenoxy) is 1. The first kappa shape index (κ1) is 7.32. The van der Waals surface area contributed by atoms with Gasteiger partial charge in [0.25, 0.3) is 0 Å². The van der Waals surface area contributed by atoms with Crippen LogP contribution in [0.15, 0.2) is 12.2 Å². The Bertz CT molecular complexity index is 167. The molecule has 1 saturated carbocycles. The number of rotatable bonds is 0. The van der Waals surface area contributed by atoms with Crippen molar-refractivity contribution >= 4 is 0 Å². The standard InChI is InChI=1S/C9H15NO/c1-7-2-3-9-8(6-7)10-4-5-11-9/h8-10H,1-6H2. The predicted octanol–water partition coefficient (Wildman–Crippen LogP) is 1.08. The van der Waals surface area contributed by atoms with E-state index in [2.05, 4.69) is 11.9 Å². The Morgan fingerprint density at radius 2 is 2.45 bits per heavy atom. The zero-order valence-electron chi connectivity index (χ0n) is 6.81. The summed E-state index contributed by atoms with van der Waals surface area (Å²) < 4.78 is 5.63. The Hall–Kier alpha value is -0.340. The highest BCUT2D eigenvalue weighted by atomic mass is 16.5. The first-order valence-electron chi connectivity index (χ1n) is 4.38. The highest BCUT2D eigenvalue weighted by molar-refractivity contribution is 5.05. The molecule has 2 fully saturated rings. The van der Waals surface area contributed by atoms with Crippen LogP contribution in [0.1, 0.15) is 19.3 Å². The molecule has 2 aliphatic rings. The number of hydrogen-bond donors (Lipinski definition) is 1. The SMILES string of the molecule is C=C1CCC2OCCNC2C1. The molecule has 0 radical (unpaired) electrons. The van der Waals surface area contributed by atoms with Gasteiger partial charge in [-0.2, -0.15) is 0 Å².